The normalized spacial score (nSPS) is 20.5. The number of benzene rings is 2. The van der Waals surface area contributed by atoms with Crippen LogP contribution in [0.4, 0.5) is 0 Å². The summed E-state index contributed by atoms with van der Waals surface area (Å²) < 4.78 is 0. The van der Waals surface area contributed by atoms with E-state index < -0.39 is 0 Å². The molecule has 1 saturated heterocycles. The standard InChI is InChI=1S/C19H21NO/c21-13-17-5-3-9-20(17)12-14-7-8-19-16(10-14)11-15-4-1-2-6-18(15)19/h1-2,4,6-8,10,17,21H,3,5,9,11-13H2. The van der Waals surface area contributed by atoms with Crippen LogP contribution in [0.3, 0.4) is 0 Å². The summed E-state index contributed by atoms with van der Waals surface area (Å²) in [5, 5.41) is 9.45. The van der Waals surface area contributed by atoms with Gasteiger partial charge >= 0.3 is 0 Å². The lowest BCUT2D eigenvalue weighted by atomic mass is 10.0. The van der Waals surface area contributed by atoms with E-state index in [-0.39, 0.29) is 6.61 Å². The number of aliphatic hydroxyl groups is 1. The van der Waals surface area contributed by atoms with Gasteiger partial charge in [-0.15, -0.1) is 0 Å². The maximum atomic E-state index is 9.45. The Hall–Kier alpha value is -1.64. The largest absolute Gasteiger partial charge is 0.395 e. The second-order valence-electron chi connectivity index (χ2n) is 6.27. The van der Waals surface area contributed by atoms with Gasteiger partial charge in [-0.25, -0.2) is 0 Å². The number of hydrogen-bond acceptors (Lipinski definition) is 2. The van der Waals surface area contributed by atoms with Gasteiger partial charge in [0.15, 0.2) is 0 Å². The average molecular weight is 279 g/mol. The van der Waals surface area contributed by atoms with E-state index in [0.29, 0.717) is 6.04 Å². The van der Waals surface area contributed by atoms with Crippen LogP contribution in [0, 0.1) is 0 Å². The molecule has 0 radical (unpaired) electrons. The van der Waals surface area contributed by atoms with Crippen molar-refractivity contribution < 1.29 is 5.11 Å². The first-order valence-corrected chi connectivity index (χ1v) is 7.90. The smallest absolute Gasteiger partial charge is 0.0587 e. The Labute approximate surface area is 126 Å². The summed E-state index contributed by atoms with van der Waals surface area (Å²) in [5.74, 6) is 0. The number of nitrogens with zero attached hydrogens (tertiary/aromatic N) is 1. The lowest BCUT2D eigenvalue weighted by Gasteiger charge is -2.22. The molecule has 1 heterocycles. The summed E-state index contributed by atoms with van der Waals surface area (Å²) in [7, 11) is 0. The SMILES string of the molecule is OCC1CCCN1Cc1ccc2c(c1)Cc1ccccc1-2. The molecule has 1 aliphatic heterocycles. The van der Waals surface area contributed by atoms with Crippen LogP contribution < -0.4 is 0 Å². The molecule has 1 N–H and O–H groups in total. The minimum absolute atomic E-state index is 0.288. The predicted molar refractivity (Wildman–Crippen MR) is 85.2 cm³/mol. The van der Waals surface area contributed by atoms with E-state index in [0.717, 1.165) is 25.9 Å². The zero-order valence-corrected chi connectivity index (χ0v) is 12.3. The Bertz CT molecular complexity index is 664. The summed E-state index contributed by atoms with van der Waals surface area (Å²) in [6.07, 6.45) is 3.40. The molecule has 0 amide bonds. The monoisotopic (exact) mass is 279 g/mol. The van der Waals surface area contributed by atoms with Crippen molar-refractivity contribution in [2.24, 2.45) is 0 Å². The fourth-order valence-corrected chi connectivity index (χ4v) is 3.84. The summed E-state index contributed by atoms with van der Waals surface area (Å²) >= 11 is 0. The molecule has 1 fully saturated rings. The van der Waals surface area contributed by atoms with E-state index >= 15 is 0 Å². The first kappa shape index (κ1) is 13.1. The van der Waals surface area contributed by atoms with Crippen molar-refractivity contribution in [2.75, 3.05) is 13.2 Å². The zero-order chi connectivity index (χ0) is 14.2. The van der Waals surface area contributed by atoms with Gasteiger partial charge in [-0.2, -0.15) is 0 Å². The summed E-state index contributed by atoms with van der Waals surface area (Å²) in [4.78, 5) is 2.42. The third kappa shape index (κ3) is 2.29. The molecule has 0 spiro atoms. The van der Waals surface area contributed by atoms with Crippen molar-refractivity contribution in [1.82, 2.24) is 4.90 Å². The highest BCUT2D eigenvalue weighted by Gasteiger charge is 2.24. The molecular weight excluding hydrogens is 258 g/mol. The molecular formula is C19H21NO. The van der Waals surface area contributed by atoms with Gasteiger partial charge in [0.2, 0.25) is 0 Å². The Morgan fingerprint density at radius 3 is 2.81 bits per heavy atom. The maximum absolute atomic E-state index is 9.45. The van der Waals surface area contributed by atoms with E-state index in [2.05, 4.69) is 47.4 Å². The van der Waals surface area contributed by atoms with Gasteiger partial charge in [-0.3, -0.25) is 4.90 Å². The predicted octanol–water partition coefficient (Wildman–Crippen LogP) is 3.21. The van der Waals surface area contributed by atoms with E-state index in [1.54, 1.807) is 0 Å². The van der Waals surface area contributed by atoms with Gasteiger partial charge in [-0.05, 0) is 53.6 Å². The van der Waals surface area contributed by atoms with Crippen LogP contribution in [0.1, 0.15) is 29.5 Å². The van der Waals surface area contributed by atoms with Gasteiger partial charge in [-0.1, -0.05) is 42.5 Å². The molecule has 2 aliphatic rings. The van der Waals surface area contributed by atoms with Crippen molar-refractivity contribution in [2.45, 2.75) is 31.8 Å². The molecule has 4 rings (SSSR count). The number of fused-ring (bicyclic) bond motifs is 3. The molecule has 1 unspecified atom stereocenters. The summed E-state index contributed by atoms with van der Waals surface area (Å²) in [5.41, 5.74) is 7.07. The minimum atomic E-state index is 0.288. The first-order valence-electron chi connectivity index (χ1n) is 7.90. The van der Waals surface area contributed by atoms with Crippen LogP contribution in [0.5, 0.6) is 0 Å². The van der Waals surface area contributed by atoms with E-state index in [9.17, 15) is 5.11 Å². The van der Waals surface area contributed by atoms with E-state index in [1.807, 2.05) is 0 Å². The number of likely N-dealkylation sites (tertiary alicyclic amines) is 1. The number of hydrogen-bond donors (Lipinski definition) is 1. The van der Waals surface area contributed by atoms with Crippen LogP contribution in [-0.4, -0.2) is 29.2 Å². The molecule has 1 aliphatic carbocycles. The third-order valence-corrected chi connectivity index (χ3v) is 4.95. The first-order chi connectivity index (χ1) is 10.3. The van der Waals surface area contributed by atoms with Crippen molar-refractivity contribution in [3.8, 4) is 11.1 Å². The van der Waals surface area contributed by atoms with Gasteiger partial charge < -0.3 is 5.11 Å². The highest BCUT2D eigenvalue weighted by molar-refractivity contribution is 5.76. The fourth-order valence-electron chi connectivity index (χ4n) is 3.84. The number of rotatable bonds is 3. The second-order valence-corrected chi connectivity index (χ2v) is 6.27. The zero-order valence-electron chi connectivity index (χ0n) is 12.3. The molecule has 2 aromatic rings. The van der Waals surface area contributed by atoms with E-state index in [4.69, 9.17) is 0 Å². The van der Waals surface area contributed by atoms with Gasteiger partial charge in [0.25, 0.3) is 0 Å². The van der Waals surface area contributed by atoms with Crippen LogP contribution in [-0.2, 0) is 13.0 Å². The average Bonchev–Trinajstić information content (AvgIpc) is 3.10. The maximum Gasteiger partial charge on any atom is 0.0587 e. The molecule has 0 saturated carbocycles. The summed E-state index contributed by atoms with van der Waals surface area (Å²) in [6, 6.07) is 16.0. The molecule has 21 heavy (non-hydrogen) atoms. The van der Waals surface area contributed by atoms with Crippen LogP contribution >= 0.6 is 0 Å². The molecule has 2 nitrogen and oxygen atoms in total. The highest BCUT2D eigenvalue weighted by Crippen LogP contribution is 2.37. The fraction of sp³-hybridized carbons (Fsp3) is 0.368. The van der Waals surface area contributed by atoms with E-state index in [1.165, 1.54) is 34.2 Å². The van der Waals surface area contributed by atoms with Gasteiger partial charge in [0.05, 0.1) is 6.61 Å². The lowest BCUT2D eigenvalue weighted by molar-refractivity contribution is 0.153. The molecule has 0 bridgehead atoms. The topological polar surface area (TPSA) is 23.5 Å². The van der Waals surface area contributed by atoms with Crippen molar-refractivity contribution in [3.63, 3.8) is 0 Å². The Morgan fingerprint density at radius 1 is 1.05 bits per heavy atom. The quantitative estimate of drug-likeness (QED) is 0.796. The summed E-state index contributed by atoms with van der Waals surface area (Å²) in [6.45, 7) is 2.37. The Balaban J connectivity index is 1.59. The Kier molecular flexibility index (Phi) is 3.28. The Morgan fingerprint density at radius 2 is 1.90 bits per heavy atom. The van der Waals surface area contributed by atoms with Crippen molar-refractivity contribution >= 4 is 0 Å². The molecule has 1 atom stereocenters. The molecule has 2 aromatic carbocycles. The molecule has 108 valence electrons. The van der Waals surface area contributed by atoms with Crippen LogP contribution in [0.25, 0.3) is 11.1 Å². The van der Waals surface area contributed by atoms with Gasteiger partial charge in [0, 0.05) is 12.6 Å². The van der Waals surface area contributed by atoms with Gasteiger partial charge in [0.1, 0.15) is 0 Å². The molecule has 0 aromatic heterocycles. The molecule has 2 heteroatoms. The van der Waals surface area contributed by atoms with Crippen molar-refractivity contribution in [3.05, 3.63) is 59.2 Å². The van der Waals surface area contributed by atoms with Crippen LogP contribution in [0.2, 0.25) is 0 Å². The minimum Gasteiger partial charge on any atom is -0.395 e. The van der Waals surface area contributed by atoms with Crippen molar-refractivity contribution in [1.29, 1.82) is 0 Å². The third-order valence-electron chi connectivity index (χ3n) is 4.95. The van der Waals surface area contributed by atoms with Crippen LogP contribution in [0.15, 0.2) is 42.5 Å². The highest BCUT2D eigenvalue weighted by atomic mass is 16.3. The second kappa shape index (κ2) is 5.28. The lowest BCUT2D eigenvalue weighted by Crippen LogP contribution is -2.31. The number of aliphatic hydroxyl groups excluding tert-OH is 1.